The lowest BCUT2D eigenvalue weighted by Crippen LogP contribution is -2.51. The summed E-state index contributed by atoms with van der Waals surface area (Å²) in [5, 5.41) is 11.3. The molecule has 0 aliphatic carbocycles. The number of aromatic carboxylic acids is 1. The van der Waals surface area contributed by atoms with Crippen LogP contribution in [-0.4, -0.2) is 53.2 Å². The van der Waals surface area contributed by atoms with Crippen molar-refractivity contribution in [3.63, 3.8) is 0 Å². The molecule has 1 N–H and O–H groups in total. The zero-order valence-electron chi connectivity index (χ0n) is 10.1. The SMILES string of the molecule is CCN1CCN(c2nc(C(=O)O)cs2)CC1C. The van der Waals surface area contributed by atoms with E-state index >= 15 is 0 Å². The van der Waals surface area contributed by atoms with Gasteiger partial charge in [-0.05, 0) is 13.5 Å². The summed E-state index contributed by atoms with van der Waals surface area (Å²) in [6.07, 6.45) is 0. The number of hydrogen-bond donors (Lipinski definition) is 1. The molecule has 17 heavy (non-hydrogen) atoms. The molecule has 1 atom stereocenters. The topological polar surface area (TPSA) is 56.7 Å². The summed E-state index contributed by atoms with van der Waals surface area (Å²) in [5.41, 5.74) is 0.149. The largest absolute Gasteiger partial charge is 0.476 e. The van der Waals surface area contributed by atoms with Gasteiger partial charge in [0.2, 0.25) is 0 Å². The molecule has 1 aromatic rings. The van der Waals surface area contributed by atoms with Gasteiger partial charge in [-0.2, -0.15) is 0 Å². The molecule has 2 rings (SSSR count). The lowest BCUT2D eigenvalue weighted by Gasteiger charge is -2.39. The van der Waals surface area contributed by atoms with Gasteiger partial charge in [0.25, 0.3) is 0 Å². The van der Waals surface area contributed by atoms with Crippen LogP contribution >= 0.6 is 11.3 Å². The lowest BCUT2D eigenvalue weighted by atomic mass is 10.2. The van der Waals surface area contributed by atoms with Gasteiger partial charge in [-0.3, -0.25) is 4.90 Å². The number of aromatic nitrogens is 1. The second kappa shape index (κ2) is 5.01. The molecule has 2 heterocycles. The highest BCUT2D eigenvalue weighted by Crippen LogP contribution is 2.23. The van der Waals surface area contributed by atoms with Crippen molar-refractivity contribution in [2.45, 2.75) is 19.9 Å². The first kappa shape index (κ1) is 12.3. The van der Waals surface area contributed by atoms with Gasteiger partial charge in [-0.1, -0.05) is 6.92 Å². The van der Waals surface area contributed by atoms with E-state index in [1.165, 1.54) is 11.3 Å². The highest BCUT2D eigenvalue weighted by Gasteiger charge is 2.24. The van der Waals surface area contributed by atoms with E-state index in [1.807, 2.05) is 0 Å². The Labute approximate surface area is 105 Å². The van der Waals surface area contributed by atoms with Crippen LogP contribution in [0.4, 0.5) is 5.13 Å². The molecule has 94 valence electrons. The number of carboxylic acid groups (broad SMARTS) is 1. The molecule has 6 heteroatoms. The second-order valence-corrected chi connectivity index (χ2v) is 5.08. The monoisotopic (exact) mass is 255 g/mol. The highest BCUT2D eigenvalue weighted by atomic mass is 32.1. The molecule has 0 spiro atoms. The summed E-state index contributed by atoms with van der Waals surface area (Å²) >= 11 is 1.41. The van der Waals surface area contributed by atoms with Gasteiger partial charge in [0.1, 0.15) is 0 Å². The van der Waals surface area contributed by atoms with E-state index in [4.69, 9.17) is 5.11 Å². The maximum absolute atomic E-state index is 10.8. The third kappa shape index (κ3) is 2.58. The molecule has 1 aliphatic heterocycles. The summed E-state index contributed by atoms with van der Waals surface area (Å²) < 4.78 is 0. The molecule has 1 aliphatic rings. The summed E-state index contributed by atoms with van der Waals surface area (Å²) in [4.78, 5) is 19.5. The van der Waals surface area contributed by atoms with E-state index in [1.54, 1.807) is 5.38 Å². The molecule has 0 amide bonds. The van der Waals surface area contributed by atoms with Gasteiger partial charge in [-0.25, -0.2) is 9.78 Å². The van der Waals surface area contributed by atoms with Crippen molar-refractivity contribution in [1.29, 1.82) is 0 Å². The first-order valence-electron chi connectivity index (χ1n) is 5.79. The summed E-state index contributed by atoms with van der Waals surface area (Å²) in [6, 6.07) is 0.492. The van der Waals surface area contributed by atoms with Crippen molar-refractivity contribution in [3.8, 4) is 0 Å². The van der Waals surface area contributed by atoms with E-state index in [-0.39, 0.29) is 5.69 Å². The maximum Gasteiger partial charge on any atom is 0.355 e. The molecule has 1 fully saturated rings. The van der Waals surface area contributed by atoms with Crippen LogP contribution in [0.5, 0.6) is 0 Å². The molecule has 0 bridgehead atoms. The number of likely N-dealkylation sites (N-methyl/N-ethyl adjacent to an activating group) is 1. The van der Waals surface area contributed by atoms with Crippen molar-refractivity contribution in [2.75, 3.05) is 31.1 Å². The fourth-order valence-corrected chi connectivity index (χ4v) is 2.98. The zero-order valence-corrected chi connectivity index (χ0v) is 10.9. The Morgan fingerprint density at radius 1 is 1.65 bits per heavy atom. The molecule has 1 unspecified atom stereocenters. The molecule has 0 radical (unpaired) electrons. The van der Waals surface area contributed by atoms with E-state index in [9.17, 15) is 4.79 Å². The average Bonchev–Trinajstić information content (AvgIpc) is 2.78. The van der Waals surface area contributed by atoms with Crippen LogP contribution in [-0.2, 0) is 0 Å². The quantitative estimate of drug-likeness (QED) is 0.884. The number of hydrogen-bond acceptors (Lipinski definition) is 5. The van der Waals surface area contributed by atoms with Crippen LogP contribution < -0.4 is 4.90 Å². The van der Waals surface area contributed by atoms with Crippen LogP contribution in [0.2, 0.25) is 0 Å². The van der Waals surface area contributed by atoms with E-state index < -0.39 is 5.97 Å². The number of thiazole rings is 1. The number of carbonyl (C=O) groups is 1. The minimum Gasteiger partial charge on any atom is -0.476 e. The van der Waals surface area contributed by atoms with E-state index in [2.05, 4.69) is 28.6 Å². The van der Waals surface area contributed by atoms with Crippen molar-refractivity contribution < 1.29 is 9.90 Å². The van der Waals surface area contributed by atoms with E-state index in [0.29, 0.717) is 6.04 Å². The normalized spacial score (nSPS) is 21.8. The predicted octanol–water partition coefficient (Wildman–Crippen LogP) is 1.37. The lowest BCUT2D eigenvalue weighted by molar-refractivity contribution is 0.0691. The van der Waals surface area contributed by atoms with Crippen LogP contribution in [0.15, 0.2) is 5.38 Å². The summed E-state index contributed by atoms with van der Waals surface area (Å²) in [6.45, 7) is 8.28. The number of carboxylic acids is 1. The average molecular weight is 255 g/mol. The fraction of sp³-hybridized carbons (Fsp3) is 0.636. The molecule has 1 saturated heterocycles. The standard InChI is InChI=1S/C11H17N3O2S/c1-3-13-4-5-14(6-8(13)2)11-12-9(7-17-11)10(15)16/h7-8H,3-6H2,1-2H3,(H,15,16). The van der Waals surface area contributed by atoms with Crippen molar-refractivity contribution in [2.24, 2.45) is 0 Å². The number of anilines is 1. The van der Waals surface area contributed by atoms with Crippen LogP contribution in [0, 0.1) is 0 Å². The third-order valence-corrected chi connectivity index (χ3v) is 4.05. The minimum atomic E-state index is -0.951. The Bertz CT molecular complexity index is 407. The van der Waals surface area contributed by atoms with Crippen LogP contribution in [0.3, 0.4) is 0 Å². The van der Waals surface area contributed by atoms with Crippen molar-refractivity contribution in [3.05, 3.63) is 11.1 Å². The molecule has 0 aromatic carbocycles. The summed E-state index contributed by atoms with van der Waals surface area (Å²) in [7, 11) is 0. The number of nitrogens with zero attached hydrogens (tertiary/aromatic N) is 3. The first-order chi connectivity index (χ1) is 8.11. The molecule has 0 saturated carbocycles. The number of rotatable bonds is 3. The van der Waals surface area contributed by atoms with Gasteiger partial charge in [0.15, 0.2) is 10.8 Å². The zero-order chi connectivity index (χ0) is 12.4. The Morgan fingerprint density at radius 3 is 2.94 bits per heavy atom. The minimum absolute atomic E-state index is 0.149. The first-order valence-corrected chi connectivity index (χ1v) is 6.67. The van der Waals surface area contributed by atoms with Crippen LogP contribution in [0.1, 0.15) is 24.3 Å². The van der Waals surface area contributed by atoms with Crippen LogP contribution in [0.25, 0.3) is 0 Å². The van der Waals surface area contributed by atoms with Gasteiger partial charge < -0.3 is 10.0 Å². The van der Waals surface area contributed by atoms with E-state index in [0.717, 1.165) is 31.3 Å². The Kier molecular flexibility index (Phi) is 3.63. The Morgan fingerprint density at radius 2 is 2.41 bits per heavy atom. The Balaban J connectivity index is 2.06. The number of piperazine rings is 1. The fourth-order valence-electron chi connectivity index (χ4n) is 2.15. The smallest absolute Gasteiger partial charge is 0.355 e. The molecular weight excluding hydrogens is 238 g/mol. The van der Waals surface area contributed by atoms with Gasteiger partial charge in [0.05, 0.1) is 0 Å². The summed E-state index contributed by atoms with van der Waals surface area (Å²) in [5.74, 6) is -0.951. The van der Waals surface area contributed by atoms with Gasteiger partial charge in [-0.15, -0.1) is 11.3 Å². The van der Waals surface area contributed by atoms with Crippen molar-refractivity contribution >= 4 is 22.4 Å². The molecule has 1 aromatic heterocycles. The molecular formula is C11H17N3O2S. The Hall–Kier alpha value is -1.14. The van der Waals surface area contributed by atoms with Crippen molar-refractivity contribution in [1.82, 2.24) is 9.88 Å². The highest BCUT2D eigenvalue weighted by molar-refractivity contribution is 7.13. The molecule has 5 nitrogen and oxygen atoms in total. The van der Waals surface area contributed by atoms with Gasteiger partial charge in [0, 0.05) is 31.1 Å². The predicted molar refractivity (Wildman–Crippen MR) is 68.0 cm³/mol. The third-order valence-electron chi connectivity index (χ3n) is 3.15. The maximum atomic E-state index is 10.8. The second-order valence-electron chi connectivity index (χ2n) is 4.24. The van der Waals surface area contributed by atoms with Gasteiger partial charge >= 0.3 is 5.97 Å².